The molecule has 25 heavy (non-hydrogen) atoms. The Kier molecular flexibility index (Phi) is 3.68. The number of pyridine rings is 1. The van der Waals surface area contributed by atoms with E-state index in [1.165, 1.54) is 0 Å². The molecule has 0 spiro atoms. The van der Waals surface area contributed by atoms with E-state index in [9.17, 15) is 4.79 Å². The molecule has 126 valence electrons. The fraction of sp³-hybridized carbons (Fsp3) is 0.238. The molecule has 4 heteroatoms. The van der Waals surface area contributed by atoms with Gasteiger partial charge in [0, 0.05) is 16.6 Å². The van der Waals surface area contributed by atoms with Gasteiger partial charge in [0.1, 0.15) is 12.4 Å². The number of carbonyl (C=O) groups is 1. The van der Waals surface area contributed by atoms with Gasteiger partial charge in [0.25, 0.3) is 0 Å². The van der Waals surface area contributed by atoms with Gasteiger partial charge in [0.05, 0.1) is 10.9 Å². The van der Waals surface area contributed by atoms with Gasteiger partial charge in [-0.05, 0) is 49.6 Å². The fourth-order valence-corrected chi connectivity index (χ4v) is 3.35. The zero-order valence-corrected chi connectivity index (χ0v) is 14.2. The lowest BCUT2D eigenvalue weighted by Gasteiger charge is -2.13. The molecule has 4 rings (SSSR count). The summed E-state index contributed by atoms with van der Waals surface area (Å²) in [6.07, 6.45) is 1.68. The number of rotatable bonds is 5. The standard InChI is InChI=1S/C21H20N2O2/c1-14-12-15(18-4-2-3-5-19(18)23-14)13-25-17-8-6-16(7-9-17)21(10-11-21)20(22)24/h2-9,12H,10-11,13H2,1H3,(H2,22,24). The number of benzene rings is 2. The molecule has 1 fully saturated rings. The highest BCUT2D eigenvalue weighted by Crippen LogP contribution is 2.48. The van der Waals surface area contributed by atoms with E-state index < -0.39 is 5.41 Å². The number of amides is 1. The topological polar surface area (TPSA) is 65.2 Å². The number of para-hydroxylation sites is 1. The van der Waals surface area contributed by atoms with Crippen LogP contribution in [0.5, 0.6) is 5.75 Å². The lowest BCUT2D eigenvalue weighted by Crippen LogP contribution is -2.28. The zero-order chi connectivity index (χ0) is 17.4. The van der Waals surface area contributed by atoms with Crippen LogP contribution in [0.2, 0.25) is 0 Å². The van der Waals surface area contributed by atoms with Crippen molar-refractivity contribution in [1.82, 2.24) is 4.98 Å². The van der Waals surface area contributed by atoms with Crippen molar-refractivity contribution in [2.75, 3.05) is 0 Å². The lowest BCUT2D eigenvalue weighted by atomic mass is 9.95. The SMILES string of the molecule is Cc1cc(COc2ccc(C3(C(N)=O)CC3)cc2)c2ccccc2n1. The summed E-state index contributed by atoms with van der Waals surface area (Å²) in [5.74, 6) is 0.544. The van der Waals surface area contributed by atoms with Gasteiger partial charge in [0.2, 0.25) is 5.91 Å². The summed E-state index contributed by atoms with van der Waals surface area (Å²) in [7, 11) is 0. The predicted octanol–water partition coefficient (Wildman–Crippen LogP) is 3.64. The number of nitrogens with zero attached hydrogens (tertiary/aromatic N) is 1. The van der Waals surface area contributed by atoms with Crippen molar-refractivity contribution < 1.29 is 9.53 Å². The molecule has 1 aromatic heterocycles. The molecule has 1 saturated carbocycles. The van der Waals surface area contributed by atoms with Crippen LogP contribution in [-0.2, 0) is 16.8 Å². The van der Waals surface area contributed by atoms with E-state index in [4.69, 9.17) is 10.5 Å². The maximum Gasteiger partial charge on any atom is 0.228 e. The highest BCUT2D eigenvalue weighted by atomic mass is 16.5. The average Bonchev–Trinajstić information content (AvgIpc) is 3.42. The first kappa shape index (κ1) is 15.6. The molecular formula is C21H20N2O2. The molecule has 0 unspecified atom stereocenters. The van der Waals surface area contributed by atoms with Crippen LogP contribution < -0.4 is 10.5 Å². The Morgan fingerprint density at radius 2 is 1.88 bits per heavy atom. The van der Waals surface area contributed by atoms with Crippen molar-refractivity contribution in [2.24, 2.45) is 5.73 Å². The molecule has 3 aromatic rings. The lowest BCUT2D eigenvalue weighted by molar-refractivity contribution is -0.120. The average molecular weight is 332 g/mol. The first-order chi connectivity index (χ1) is 12.1. The third-order valence-corrected chi connectivity index (χ3v) is 4.95. The second-order valence-corrected chi connectivity index (χ2v) is 6.70. The summed E-state index contributed by atoms with van der Waals surface area (Å²) in [6.45, 7) is 2.47. The van der Waals surface area contributed by atoms with Crippen LogP contribution in [0.4, 0.5) is 0 Å². The number of primary amides is 1. The third kappa shape index (κ3) is 2.84. The molecule has 0 saturated heterocycles. The van der Waals surface area contributed by atoms with Gasteiger partial charge in [-0.3, -0.25) is 9.78 Å². The number of hydrogen-bond donors (Lipinski definition) is 1. The summed E-state index contributed by atoms with van der Waals surface area (Å²) in [6, 6.07) is 17.9. The maximum atomic E-state index is 11.6. The first-order valence-corrected chi connectivity index (χ1v) is 8.47. The van der Waals surface area contributed by atoms with Gasteiger partial charge in [-0.1, -0.05) is 30.3 Å². The summed E-state index contributed by atoms with van der Waals surface area (Å²) in [5, 5.41) is 1.11. The summed E-state index contributed by atoms with van der Waals surface area (Å²) in [4.78, 5) is 16.2. The molecule has 0 atom stereocenters. The van der Waals surface area contributed by atoms with E-state index in [1.54, 1.807) is 0 Å². The van der Waals surface area contributed by atoms with Crippen LogP contribution in [0.25, 0.3) is 10.9 Å². The van der Waals surface area contributed by atoms with Gasteiger partial charge in [-0.2, -0.15) is 0 Å². The summed E-state index contributed by atoms with van der Waals surface area (Å²) >= 11 is 0. The summed E-state index contributed by atoms with van der Waals surface area (Å²) < 4.78 is 5.96. The Hall–Kier alpha value is -2.88. The Morgan fingerprint density at radius 3 is 2.56 bits per heavy atom. The predicted molar refractivity (Wildman–Crippen MR) is 97.4 cm³/mol. The first-order valence-electron chi connectivity index (χ1n) is 8.47. The molecular weight excluding hydrogens is 312 g/mol. The van der Waals surface area contributed by atoms with E-state index in [0.29, 0.717) is 6.61 Å². The number of carbonyl (C=O) groups excluding carboxylic acids is 1. The van der Waals surface area contributed by atoms with Gasteiger partial charge in [-0.15, -0.1) is 0 Å². The Labute approximate surface area is 146 Å². The van der Waals surface area contributed by atoms with Crippen LogP contribution in [0, 0.1) is 6.92 Å². The Bertz CT molecular complexity index is 944. The normalized spacial score (nSPS) is 15.1. The molecule has 1 aliphatic carbocycles. The fourth-order valence-electron chi connectivity index (χ4n) is 3.35. The van der Waals surface area contributed by atoms with Crippen molar-refractivity contribution in [1.29, 1.82) is 0 Å². The maximum absolute atomic E-state index is 11.6. The van der Waals surface area contributed by atoms with E-state index in [2.05, 4.69) is 17.1 Å². The van der Waals surface area contributed by atoms with Crippen LogP contribution in [0.3, 0.4) is 0 Å². The molecule has 0 aliphatic heterocycles. The Balaban J connectivity index is 1.53. The number of fused-ring (bicyclic) bond motifs is 1. The minimum atomic E-state index is -0.447. The molecule has 2 aromatic carbocycles. The number of aromatic nitrogens is 1. The summed E-state index contributed by atoms with van der Waals surface area (Å²) in [5.41, 5.74) is 9.14. The van der Waals surface area contributed by atoms with E-state index >= 15 is 0 Å². The van der Waals surface area contributed by atoms with Crippen molar-refractivity contribution in [3.63, 3.8) is 0 Å². The van der Waals surface area contributed by atoms with E-state index in [0.717, 1.165) is 46.3 Å². The van der Waals surface area contributed by atoms with Crippen molar-refractivity contribution in [3.8, 4) is 5.75 Å². The number of ether oxygens (including phenoxy) is 1. The van der Waals surface area contributed by atoms with Crippen molar-refractivity contribution in [2.45, 2.75) is 31.8 Å². The van der Waals surface area contributed by atoms with Gasteiger partial charge < -0.3 is 10.5 Å². The van der Waals surface area contributed by atoms with Gasteiger partial charge in [0.15, 0.2) is 0 Å². The highest BCUT2D eigenvalue weighted by Gasteiger charge is 2.49. The molecule has 2 N–H and O–H groups in total. The zero-order valence-electron chi connectivity index (χ0n) is 14.2. The molecule has 4 nitrogen and oxygen atoms in total. The smallest absolute Gasteiger partial charge is 0.228 e. The number of nitrogens with two attached hydrogens (primary N) is 1. The molecule has 1 heterocycles. The monoisotopic (exact) mass is 332 g/mol. The number of aryl methyl sites for hydroxylation is 1. The van der Waals surface area contributed by atoms with E-state index in [-0.39, 0.29) is 5.91 Å². The van der Waals surface area contributed by atoms with Gasteiger partial charge in [-0.25, -0.2) is 0 Å². The van der Waals surface area contributed by atoms with Gasteiger partial charge >= 0.3 is 0 Å². The molecule has 0 radical (unpaired) electrons. The van der Waals surface area contributed by atoms with E-state index in [1.807, 2.05) is 49.4 Å². The van der Waals surface area contributed by atoms with Crippen LogP contribution in [0.15, 0.2) is 54.6 Å². The quantitative estimate of drug-likeness (QED) is 0.776. The minimum Gasteiger partial charge on any atom is -0.489 e. The molecule has 0 bridgehead atoms. The van der Waals surface area contributed by atoms with Crippen LogP contribution in [-0.4, -0.2) is 10.9 Å². The Morgan fingerprint density at radius 1 is 1.16 bits per heavy atom. The molecule has 1 aliphatic rings. The van der Waals surface area contributed by atoms with Crippen molar-refractivity contribution in [3.05, 3.63) is 71.4 Å². The second kappa shape index (κ2) is 5.88. The van der Waals surface area contributed by atoms with Crippen LogP contribution in [0.1, 0.15) is 29.7 Å². The second-order valence-electron chi connectivity index (χ2n) is 6.70. The third-order valence-electron chi connectivity index (χ3n) is 4.95. The van der Waals surface area contributed by atoms with Crippen LogP contribution >= 0.6 is 0 Å². The highest BCUT2D eigenvalue weighted by molar-refractivity contribution is 5.89. The largest absolute Gasteiger partial charge is 0.489 e. The van der Waals surface area contributed by atoms with Crippen molar-refractivity contribution >= 4 is 16.8 Å². The minimum absolute atomic E-state index is 0.236. The number of hydrogen-bond acceptors (Lipinski definition) is 3. The molecule has 1 amide bonds.